The van der Waals surface area contributed by atoms with E-state index in [1.54, 1.807) is 0 Å². The maximum atomic E-state index is 3.10. The molecule has 0 saturated heterocycles. The second-order valence-corrected chi connectivity index (χ2v) is 3.50. The monoisotopic (exact) mass is 178 g/mol. The molecule has 0 saturated carbocycles. The lowest BCUT2D eigenvalue weighted by molar-refractivity contribution is 0.755. The van der Waals surface area contributed by atoms with Crippen LogP contribution in [0.1, 0.15) is 13.8 Å². The van der Waals surface area contributed by atoms with Crippen molar-refractivity contribution < 1.29 is 0 Å². The van der Waals surface area contributed by atoms with Crippen molar-refractivity contribution >= 4 is 11.4 Å². The molecule has 1 N–H and O–H groups in total. The van der Waals surface area contributed by atoms with Crippen LogP contribution in [0, 0.1) is 0 Å². The van der Waals surface area contributed by atoms with Gasteiger partial charge in [0, 0.05) is 31.5 Å². The van der Waals surface area contributed by atoms with Gasteiger partial charge in [0.25, 0.3) is 0 Å². The maximum Gasteiger partial charge on any atom is 0.0367 e. The third-order valence-electron chi connectivity index (χ3n) is 2.34. The third kappa shape index (κ3) is 2.38. The summed E-state index contributed by atoms with van der Waals surface area (Å²) in [6.45, 7) is 4.37. The summed E-state index contributed by atoms with van der Waals surface area (Å²) < 4.78 is 0. The number of nitrogens with one attached hydrogen (secondary N) is 1. The maximum absolute atomic E-state index is 3.10. The predicted molar refractivity (Wildman–Crippen MR) is 59.5 cm³/mol. The lowest BCUT2D eigenvalue weighted by atomic mass is 10.2. The number of rotatable bonds is 3. The van der Waals surface area contributed by atoms with Gasteiger partial charge < -0.3 is 10.2 Å². The van der Waals surface area contributed by atoms with E-state index < -0.39 is 0 Å². The molecule has 0 atom stereocenters. The summed E-state index contributed by atoms with van der Waals surface area (Å²) in [4.78, 5) is 2.25. The Balaban J connectivity index is 2.79. The van der Waals surface area contributed by atoms with Gasteiger partial charge in [0.05, 0.1) is 0 Å². The molecule has 0 aromatic heterocycles. The van der Waals surface area contributed by atoms with Crippen molar-refractivity contribution in [1.29, 1.82) is 0 Å². The Hall–Kier alpha value is -1.18. The number of nitrogens with zero attached hydrogens (tertiary/aromatic N) is 1. The first-order chi connectivity index (χ1) is 6.15. The molecule has 0 fully saturated rings. The van der Waals surface area contributed by atoms with Crippen LogP contribution in [0.3, 0.4) is 0 Å². The minimum Gasteiger partial charge on any atom is -0.388 e. The van der Waals surface area contributed by atoms with Gasteiger partial charge in [-0.15, -0.1) is 0 Å². The highest BCUT2D eigenvalue weighted by Gasteiger charge is 2.03. The normalized spacial score (nSPS) is 10.2. The summed E-state index contributed by atoms with van der Waals surface area (Å²) in [5.41, 5.74) is 2.41. The number of benzene rings is 1. The fourth-order valence-corrected chi connectivity index (χ4v) is 1.16. The van der Waals surface area contributed by atoms with E-state index in [0.717, 1.165) is 5.69 Å². The third-order valence-corrected chi connectivity index (χ3v) is 2.34. The molecule has 13 heavy (non-hydrogen) atoms. The van der Waals surface area contributed by atoms with Gasteiger partial charge >= 0.3 is 0 Å². The highest BCUT2D eigenvalue weighted by molar-refractivity contribution is 5.54. The van der Waals surface area contributed by atoms with E-state index in [0.29, 0.717) is 6.04 Å². The van der Waals surface area contributed by atoms with E-state index in [2.05, 4.69) is 55.4 Å². The molecule has 0 bridgehead atoms. The van der Waals surface area contributed by atoms with Crippen molar-refractivity contribution in [2.24, 2.45) is 0 Å². The van der Waals surface area contributed by atoms with E-state index >= 15 is 0 Å². The van der Waals surface area contributed by atoms with Crippen LogP contribution in [0.2, 0.25) is 0 Å². The van der Waals surface area contributed by atoms with Gasteiger partial charge in [0.2, 0.25) is 0 Å². The average molecular weight is 178 g/mol. The molecule has 0 spiro atoms. The highest BCUT2D eigenvalue weighted by Crippen LogP contribution is 2.17. The molecule has 1 aromatic rings. The summed E-state index contributed by atoms with van der Waals surface area (Å²) >= 11 is 0. The number of hydrogen-bond donors (Lipinski definition) is 1. The minimum absolute atomic E-state index is 0.542. The Morgan fingerprint density at radius 3 is 2.08 bits per heavy atom. The topological polar surface area (TPSA) is 15.3 Å². The minimum atomic E-state index is 0.542. The molecule has 0 aliphatic rings. The first-order valence-corrected chi connectivity index (χ1v) is 4.66. The van der Waals surface area contributed by atoms with Gasteiger partial charge in [-0.2, -0.15) is 0 Å². The van der Waals surface area contributed by atoms with Gasteiger partial charge in [0.15, 0.2) is 0 Å². The molecule has 72 valence electrons. The smallest absolute Gasteiger partial charge is 0.0367 e. The van der Waals surface area contributed by atoms with Crippen LogP contribution in [-0.2, 0) is 0 Å². The van der Waals surface area contributed by atoms with Crippen LogP contribution in [0.5, 0.6) is 0 Å². The van der Waals surface area contributed by atoms with Gasteiger partial charge in [-0.3, -0.25) is 0 Å². The zero-order valence-electron chi connectivity index (χ0n) is 8.83. The van der Waals surface area contributed by atoms with Crippen molar-refractivity contribution in [1.82, 2.24) is 0 Å². The van der Waals surface area contributed by atoms with Crippen molar-refractivity contribution in [2.45, 2.75) is 19.9 Å². The summed E-state index contributed by atoms with van der Waals surface area (Å²) in [5, 5.41) is 3.10. The molecular formula is C11H18N2. The van der Waals surface area contributed by atoms with Crippen LogP contribution in [0.15, 0.2) is 24.3 Å². The lowest BCUT2D eigenvalue weighted by Crippen LogP contribution is -2.25. The average Bonchev–Trinajstić information content (AvgIpc) is 2.17. The second-order valence-electron chi connectivity index (χ2n) is 3.50. The van der Waals surface area contributed by atoms with Crippen LogP contribution in [0.25, 0.3) is 0 Å². The number of hydrogen-bond acceptors (Lipinski definition) is 2. The molecule has 0 aliphatic heterocycles. The highest BCUT2D eigenvalue weighted by atomic mass is 15.1. The van der Waals surface area contributed by atoms with Crippen LogP contribution in [-0.4, -0.2) is 20.1 Å². The quantitative estimate of drug-likeness (QED) is 0.765. The van der Waals surface area contributed by atoms with E-state index in [4.69, 9.17) is 0 Å². The summed E-state index contributed by atoms with van der Waals surface area (Å²) in [7, 11) is 4.04. The summed E-state index contributed by atoms with van der Waals surface area (Å²) in [6, 6.07) is 8.99. The van der Waals surface area contributed by atoms with Crippen LogP contribution in [0.4, 0.5) is 11.4 Å². The first-order valence-electron chi connectivity index (χ1n) is 4.66. The van der Waals surface area contributed by atoms with Crippen LogP contribution >= 0.6 is 0 Å². The predicted octanol–water partition coefficient (Wildman–Crippen LogP) is 2.57. The fourth-order valence-electron chi connectivity index (χ4n) is 1.16. The fraction of sp³-hybridized carbons (Fsp3) is 0.455. The standard InChI is InChI=1S/C11H18N2/c1-9(2)13(4)11-7-5-10(12-3)6-8-11/h5-9,12H,1-4H3. The molecule has 2 nitrogen and oxygen atoms in total. The van der Waals surface area contributed by atoms with E-state index in [1.807, 2.05) is 7.05 Å². The van der Waals surface area contributed by atoms with Gasteiger partial charge in [0.1, 0.15) is 0 Å². The molecule has 0 amide bonds. The van der Waals surface area contributed by atoms with E-state index in [-0.39, 0.29) is 0 Å². The van der Waals surface area contributed by atoms with Gasteiger partial charge in [-0.1, -0.05) is 0 Å². The second kappa shape index (κ2) is 4.17. The Kier molecular flexibility index (Phi) is 3.18. The van der Waals surface area contributed by atoms with Crippen LogP contribution < -0.4 is 10.2 Å². The molecule has 0 heterocycles. The Labute approximate surface area is 80.6 Å². The molecule has 0 radical (unpaired) electrons. The zero-order valence-corrected chi connectivity index (χ0v) is 8.83. The first kappa shape index (κ1) is 9.90. The summed E-state index contributed by atoms with van der Waals surface area (Å²) in [6.07, 6.45) is 0. The number of anilines is 2. The molecule has 0 unspecified atom stereocenters. The molecule has 1 aromatic carbocycles. The Morgan fingerprint density at radius 2 is 1.69 bits per heavy atom. The van der Waals surface area contributed by atoms with Gasteiger partial charge in [-0.05, 0) is 38.1 Å². The van der Waals surface area contributed by atoms with Crippen molar-refractivity contribution in [3.63, 3.8) is 0 Å². The van der Waals surface area contributed by atoms with Crippen molar-refractivity contribution in [3.8, 4) is 0 Å². The van der Waals surface area contributed by atoms with Crippen molar-refractivity contribution in [3.05, 3.63) is 24.3 Å². The van der Waals surface area contributed by atoms with E-state index in [1.165, 1.54) is 5.69 Å². The summed E-state index contributed by atoms with van der Waals surface area (Å²) in [5.74, 6) is 0. The Morgan fingerprint density at radius 1 is 1.15 bits per heavy atom. The molecule has 1 rings (SSSR count). The van der Waals surface area contributed by atoms with E-state index in [9.17, 15) is 0 Å². The largest absolute Gasteiger partial charge is 0.388 e. The Bertz CT molecular complexity index is 251. The van der Waals surface area contributed by atoms with Crippen molar-refractivity contribution in [2.75, 3.05) is 24.3 Å². The lowest BCUT2D eigenvalue weighted by Gasteiger charge is -2.23. The molecule has 2 heteroatoms. The molecular weight excluding hydrogens is 160 g/mol. The SMILES string of the molecule is CNc1ccc(N(C)C(C)C)cc1. The van der Waals surface area contributed by atoms with Gasteiger partial charge in [-0.25, -0.2) is 0 Å². The molecule has 0 aliphatic carbocycles. The zero-order chi connectivity index (χ0) is 9.84.